The van der Waals surface area contributed by atoms with Gasteiger partial charge in [0.1, 0.15) is 11.6 Å². The molecule has 0 spiro atoms. The maximum Gasteiger partial charge on any atom is 0.131 e. The average Bonchev–Trinajstić information content (AvgIpc) is 2.53. The zero-order valence-corrected chi connectivity index (χ0v) is 12.4. The first-order valence-electron chi connectivity index (χ1n) is 7.05. The predicted octanol–water partition coefficient (Wildman–Crippen LogP) is 3.14. The van der Waals surface area contributed by atoms with Crippen LogP contribution in [0.25, 0.3) is 0 Å². The van der Waals surface area contributed by atoms with E-state index in [0.29, 0.717) is 17.7 Å². The average molecular weight is 288 g/mol. The molecule has 0 aliphatic rings. The minimum atomic E-state index is -0.317. The van der Waals surface area contributed by atoms with Crippen molar-refractivity contribution in [3.05, 3.63) is 65.0 Å². The van der Waals surface area contributed by atoms with Crippen LogP contribution < -0.4 is 16.0 Å². The van der Waals surface area contributed by atoms with E-state index in [2.05, 4.69) is 36.6 Å². The molecule has 2 rings (SSSR count). The van der Waals surface area contributed by atoms with E-state index in [1.807, 2.05) is 0 Å². The van der Waals surface area contributed by atoms with Crippen molar-refractivity contribution in [1.29, 1.82) is 0 Å². The lowest BCUT2D eigenvalue weighted by atomic mass is 9.98. The largest absolute Gasteiger partial charge is 0.497 e. The highest BCUT2D eigenvalue weighted by atomic mass is 19.1. The van der Waals surface area contributed by atoms with Gasteiger partial charge in [-0.2, -0.15) is 0 Å². The summed E-state index contributed by atoms with van der Waals surface area (Å²) in [6.07, 6.45) is 1.63. The zero-order valence-electron chi connectivity index (χ0n) is 12.4. The van der Waals surface area contributed by atoms with Crippen molar-refractivity contribution in [3.8, 4) is 5.75 Å². The predicted molar refractivity (Wildman–Crippen MR) is 82.5 cm³/mol. The van der Waals surface area contributed by atoms with Crippen LogP contribution in [0.5, 0.6) is 5.75 Å². The van der Waals surface area contributed by atoms with Crippen molar-refractivity contribution in [2.45, 2.75) is 25.8 Å². The first kappa shape index (κ1) is 15.5. The van der Waals surface area contributed by atoms with Crippen LogP contribution in [0.2, 0.25) is 0 Å². The summed E-state index contributed by atoms with van der Waals surface area (Å²) in [5.74, 6) is 5.78. The molecule has 0 saturated heterocycles. The molecule has 2 aromatic carbocycles. The van der Waals surface area contributed by atoms with Crippen molar-refractivity contribution in [3.63, 3.8) is 0 Å². The minimum absolute atomic E-state index is 0.275. The van der Waals surface area contributed by atoms with Crippen molar-refractivity contribution in [2.75, 3.05) is 7.11 Å². The fourth-order valence-corrected chi connectivity index (χ4v) is 2.32. The van der Waals surface area contributed by atoms with E-state index < -0.39 is 0 Å². The topological polar surface area (TPSA) is 47.3 Å². The highest BCUT2D eigenvalue weighted by molar-refractivity contribution is 5.32. The molecule has 112 valence electrons. The molecule has 4 heteroatoms. The van der Waals surface area contributed by atoms with Gasteiger partial charge in [-0.05, 0) is 30.0 Å². The Morgan fingerprint density at radius 3 is 2.33 bits per heavy atom. The van der Waals surface area contributed by atoms with Gasteiger partial charge in [-0.25, -0.2) is 4.39 Å². The summed E-state index contributed by atoms with van der Waals surface area (Å²) in [7, 11) is 1.52. The maximum absolute atomic E-state index is 14.1. The SMILES string of the molecule is CCc1ccc(CC(NN)c2ccc(OC)cc2F)cc1. The third kappa shape index (κ3) is 3.80. The van der Waals surface area contributed by atoms with Gasteiger partial charge in [-0.1, -0.05) is 37.3 Å². The molecule has 0 amide bonds. The van der Waals surface area contributed by atoms with Crippen LogP contribution in [0.4, 0.5) is 4.39 Å². The van der Waals surface area contributed by atoms with E-state index in [-0.39, 0.29) is 11.9 Å². The third-order valence-corrected chi connectivity index (χ3v) is 3.66. The monoisotopic (exact) mass is 288 g/mol. The number of nitrogens with two attached hydrogens (primary N) is 1. The Bertz CT molecular complexity index is 584. The first-order valence-corrected chi connectivity index (χ1v) is 7.05. The van der Waals surface area contributed by atoms with Crippen LogP contribution in [0.3, 0.4) is 0 Å². The quantitative estimate of drug-likeness (QED) is 0.634. The number of halogens is 1. The summed E-state index contributed by atoms with van der Waals surface area (Å²) in [6.45, 7) is 2.12. The highest BCUT2D eigenvalue weighted by Crippen LogP contribution is 2.24. The normalized spacial score (nSPS) is 12.2. The Labute approximate surface area is 124 Å². The zero-order chi connectivity index (χ0) is 15.2. The van der Waals surface area contributed by atoms with E-state index in [0.717, 1.165) is 12.0 Å². The van der Waals surface area contributed by atoms with Crippen LogP contribution in [0.15, 0.2) is 42.5 Å². The van der Waals surface area contributed by atoms with Gasteiger partial charge < -0.3 is 4.74 Å². The molecule has 0 saturated carbocycles. The van der Waals surface area contributed by atoms with E-state index in [4.69, 9.17) is 10.6 Å². The molecule has 0 bridgehead atoms. The van der Waals surface area contributed by atoms with Gasteiger partial charge in [-0.15, -0.1) is 0 Å². The fourth-order valence-electron chi connectivity index (χ4n) is 2.32. The Hall–Kier alpha value is -1.91. The summed E-state index contributed by atoms with van der Waals surface area (Å²) in [6, 6.07) is 12.8. The Morgan fingerprint density at radius 1 is 1.14 bits per heavy atom. The van der Waals surface area contributed by atoms with Gasteiger partial charge in [0.2, 0.25) is 0 Å². The van der Waals surface area contributed by atoms with Gasteiger partial charge >= 0.3 is 0 Å². The molecule has 3 N–H and O–H groups in total. The summed E-state index contributed by atoms with van der Waals surface area (Å²) < 4.78 is 19.1. The van der Waals surface area contributed by atoms with E-state index >= 15 is 0 Å². The molecule has 1 unspecified atom stereocenters. The Balaban J connectivity index is 2.18. The summed E-state index contributed by atoms with van der Waals surface area (Å²) in [5.41, 5.74) is 5.63. The number of aryl methyl sites for hydroxylation is 1. The number of hydrogen-bond acceptors (Lipinski definition) is 3. The number of hydrogen-bond donors (Lipinski definition) is 2. The molecule has 2 aromatic rings. The molecule has 0 heterocycles. The van der Waals surface area contributed by atoms with Crippen LogP contribution in [-0.4, -0.2) is 7.11 Å². The van der Waals surface area contributed by atoms with Gasteiger partial charge in [0.05, 0.1) is 13.2 Å². The molecular formula is C17H21FN2O. The summed E-state index contributed by atoms with van der Waals surface area (Å²) in [4.78, 5) is 0. The Kier molecular flexibility index (Phi) is 5.31. The van der Waals surface area contributed by atoms with Crippen LogP contribution in [0, 0.1) is 5.82 Å². The van der Waals surface area contributed by atoms with Crippen LogP contribution >= 0.6 is 0 Å². The highest BCUT2D eigenvalue weighted by Gasteiger charge is 2.15. The second-order valence-corrected chi connectivity index (χ2v) is 4.98. The number of ether oxygens (including phenoxy) is 1. The number of nitrogens with one attached hydrogen (secondary N) is 1. The molecule has 0 aromatic heterocycles. The van der Waals surface area contributed by atoms with Crippen molar-refractivity contribution in [1.82, 2.24) is 5.43 Å². The number of benzene rings is 2. The lowest BCUT2D eigenvalue weighted by molar-refractivity contribution is 0.409. The molecule has 21 heavy (non-hydrogen) atoms. The molecule has 0 radical (unpaired) electrons. The number of methoxy groups -OCH3 is 1. The van der Waals surface area contributed by atoms with Crippen molar-refractivity contribution >= 4 is 0 Å². The molecule has 3 nitrogen and oxygen atoms in total. The second-order valence-electron chi connectivity index (χ2n) is 4.98. The van der Waals surface area contributed by atoms with Crippen LogP contribution in [-0.2, 0) is 12.8 Å². The smallest absolute Gasteiger partial charge is 0.131 e. The minimum Gasteiger partial charge on any atom is -0.497 e. The van der Waals surface area contributed by atoms with E-state index in [1.165, 1.54) is 18.7 Å². The second kappa shape index (κ2) is 7.20. The number of rotatable bonds is 6. The summed E-state index contributed by atoms with van der Waals surface area (Å²) >= 11 is 0. The third-order valence-electron chi connectivity index (χ3n) is 3.66. The fraction of sp³-hybridized carbons (Fsp3) is 0.294. The van der Waals surface area contributed by atoms with Gasteiger partial charge in [0.25, 0.3) is 0 Å². The molecule has 1 atom stereocenters. The van der Waals surface area contributed by atoms with Crippen LogP contribution in [0.1, 0.15) is 29.7 Å². The lowest BCUT2D eigenvalue weighted by Gasteiger charge is -2.18. The molecule has 0 aliphatic heterocycles. The molecule has 0 fully saturated rings. The van der Waals surface area contributed by atoms with Crippen molar-refractivity contribution in [2.24, 2.45) is 5.84 Å². The van der Waals surface area contributed by atoms with Gasteiger partial charge in [-0.3, -0.25) is 11.3 Å². The Morgan fingerprint density at radius 2 is 1.81 bits per heavy atom. The van der Waals surface area contributed by atoms with Crippen molar-refractivity contribution < 1.29 is 9.13 Å². The molecule has 0 aliphatic carbocycles. The summed E-state index contributed by atoms with van der Waals surface area (Å²) in [5, 5.41) is 0. The standard InChI is InChI=1S/C17H21FN2O/c1-3-12-4-6-13(7-5-12)10-17(20-19)15-9-8-14(21-2)11-16(15)18/h4-9,11,17,20H,3,10,19H2,1-2H3. The van der Waals surface area contributed by atoms with E-state index in [1.54, 1.807) is 12.1 Å². The number of hydrazine groups is 1. The first-order chi connectivity index (χ1) is 10.2. The van der Waals surface area contributed by atoms with E-state index in [9.17, 15) is 4.39 Å². The maximum atomic E-state index is 14.1. The molecular weight excluding hydrogens is 267 g/mol. The van der Waals surface area contributed by atoms with Gasteiger partial charge in [0.15, 0.2) is 0 Å². The van der Waals surface area contributed by atoms with Gasteiger partial charge in [0, 0.05) is 11.6 Å². The lowest BCUT2D eigenvalue weighted by Crippen LogP contribution is -2.30.